The third-order valence-corrected chi connectivity index (χ3v) is 4.06. The van der Waals surface area contributed by atoms with Crippen molar-refractivity contribution in [3.63, 3.8) is 0 Å². The van der Waals surface area contributed by atoms with E-state index in [0.29, 0.717) is 15.6 Å². The molecule has 1 amide bonds. The van der Waals surface area contributed by atoms with Crippen LogP contribution in [0.25, 0.3) is 0 Å². The molecule has 0 heterocycles. The van der Waals surface area contributed by atoms with Crippen molar-refractivity contribution in [1.29, 1.82) is 0 Å². The largest absolute Gasteiger partial charge is 0.322 e. The van der Waals surface area contributed by atoms with Gasteiger partial charge in [-0.3, -0.25) is 9.59 Å². The molecule has 0 spiro atoms. The number of anilines is 1. The molecule has 5 heteroatoms. The molecule has 0 bridgehead atoms. The maximum Gasteiger partial charge on any atom is 0.248 e. The van der Waals surface area contributed by atoms with Gasteiger partial charge in [-0.05, 0) is 49.2 Å². The van der Waals surface area contributed by atoms with E-state index < -0.39 is 0 Å². The average Bonchev–Trinajstić information content (AvgIpc) is 2.51. The number of hydrogen-bond acceptors (Lipinski definition) is 2. The molecule has 0 fully saturated rings. The lowest BCUT2D eigenvalue weighted by molar-refractivity contribution is -0.111. The Morgan fingerprint density at radius 3 is 2.22 bits per heavy atom. The number of hydrogen-bond donors (Lipinski definition) is 1. The summed E-state index contributed by atoms with van der Waals surface area (Å²) >= 11 is 11.7. The first-order valence-corrected chi connectivity index (χ1v) is 7.68. The Bertz CT molecular complexity index is 777. The van der Waals surface area contributed by atoms with Gasteiger partial charge in [-0.1, -0.05) is 41.4 Å². The van der Waals surface area contributed by atoms with Gasteiger partial charge in [0.2, 0.25) is 5.91 Å². The Labute approximate surface area is 144 Å². The highest BCUT2D eigenvalue weighted by Crippen LogP contribution is 2.23. The lowest BCUT2D eigenvalue weighted by Crippen LogP contribution is -2.11. The minimum Gasteiger partial charge on any atom is -0.322 e. The van der Waals surface area contributed by atoms with Crippen LogP contribution >= 0.6 is 23.2 Å². The summed E-state index contributed by atoms with van der Waals surface area (Å²) in [7, 11) is 0. The van der Waals surface area contributed by atoms with Gasteiger partial charge in [-0.2, -0.15) is 0 Å². The molecule has 0 saturated heterocycles. The van der Waals surface area contributed by atoms with E-state index in [9.17, 15) is 9.59 Å². The predicted octanol–water partition coefficient (Wildman–Crippen LogP) is 4.99. The molecule has 2 rings (SSSR count). The maximum atomic E-state index is 12.0. The molecule has 2 aromatic rings. The fourth-order valence-electron chi connectivity index (χ4n) is 2.07. The highest BCUT2D eigenvalue weighted by Gasteiger charge is 2.07. The van der Waals surface area contributed by atoms with E-state index in [1.54, 1.807) is 12.1 Å². The molecule has 0 aliphatic carbocycles. The summed E-state index contributed by atoms with van der Waals surface area (Å²) in [6, 6.07) is 10.3. The molecule has 2 aromatic carbocycles. The van der Waals surface area contributed by atoms with Gasteiger partial charge in [-0.25, -0.2) is 0 Å². The quantitative estimate of drug-likeness (QED) is 0.625. The summed E-state index contributed by atoms with van der Waals surface area (Å²) < 4.78 is 0. The lowest BCUT2D eigenvalue weighted by Gasteiger charge is -2.09. The number of ketones is 1. The third-order valence-electron chi connectivity index (χ3n) is 3.32. The molecule has 0 aromatic heterocycles. The van der Waals surface area contributed by atoms with Crippen LogP contribution in [0, 0.1) is 13.8 Å². The van der Waals surface area contributed by atoms with E-state index >= 15 is 0 Å². The van der Waals surface area contributed by atoms with Crippen LogP contribution in [0.2, 0.25) is 10.0 Å². The van der Waals surface area contributed by atoms with Crippen molar-refractivity contribution < 1.29 is 9.59 Å². The number of halogens is 2. The van der Waals surface area contributed by atoms with Crippen molar-refractivity contribution in [2.24, 2.45) is 0 Å². The Hall–Kier alpha value is -2.10. The van der Waals surface area contributed by atoms with Gasteiger partial charge in [0.1, 0.15) is 0 Å². The molecule has 3 nitrogen and oxygen atoms in total. The smallest absolute Gasteiger partial charge is 0.248 e. The lowest BCUT2D eigenvalue weighted by atomic mass is 10.1. The number of carbonyl (C=O) groups is 2. The third kappa shape index (κ3) is 4.44. The van der Waals surface area contributed by atoms with Gasteiger partial charge in [0.05, 0.1) is 10.0 Å². The number of para-hydroxylation sites is 1. The molecule has 23 heavy (non-hydrogen) atoms. The van der Waals surface area contributed by atoms with Crippen molar-refractivity contribution in [3.8, 4) is 0 Å². The standard InChI is InChI=1S/C18H15Cl2NO2/c1-11-4-3-5-12(2)18(11)21-17(23)9-8-16(22)13-6-7-14(19)15(20)10-13/h3-10H,1-2H3,(H,21,23)/b9-8+. The van der Waals surface area contributed by atoms with Crippen molar-refractivity contribution in [3.05, 3.63) is 75.3 Å². The summed E-state index contributed by atoms with van der Waals surface area (Å²) in [6.07, 6.45) is 2.42. The predicted molar refractivity (Wildman–Crippen MR) is 94.5 cm³/mol. The minimum absolute atomic E-state index is 0.297. The highest BCUT2D eigenvalue weighted by atomic mass is 35.5. The molecule has 118 valence electrons. The van der Waals surface area contributed by atoms with Gasteiger partial charge in [0, 0.05) is 17.3 Å². The van der Waals surface area contributed by atoms with E-state index in [1.165, 1.54) is 18.2 Å². The van der Waals surface area contributed by atoms with Crippen molar-refractivity contribution >= 4 is 40.6 Å². The minimum atomic E-state index is -0.365. The normalized spacial score (nSPS) is 10.8. The second-order valence-electron chi connectivity index (χ2n) is 5.08. The summed E-state index contributed by atoms with van der Waals surface area (Å²) in [6.45, 7) is 3.82. The molecular formula is C18H15Cl2NO2. The van der Waals surface area contributed by atoms with Gasteiger partial charge < -0.3 is 5.32 Å². The molecule has 0 aliphatic rings. The van der Waals surface area contributed by atoms with Crippen molar-refractivity contribution in [1.82, 2.24) is 0 Å². The number of allylic oxidation sites excluding steroid dienone is 1. The van der Waals surface area contributed by atoms with Crippen LogP contribution in [0.1, 0.15) is 21.5 Å². The maximum absolute atomic E-state index is 12.0. The van der Waals surface area contributed by atoms with Crippen LogP contribution in [-0.2, 0) is 4.79 Å². The number of rotatable bonds is 4. The average molecular weight is 348 g/mol. The molecule has 0 saturated carbocycles. The Balaban J connectivity index is 2.08. The Kier molecular flexibility index (Phi) is 5.59. The fraction of sp³-hybridized carbons (Fsp3) is 0.111. The molecule has 0 atom stereocenters. The van der Waals surface area contributed by atoms with E-state index in [1.807, 2.05) is 32.0 Å². The van der Waals surface area contributed by atoms with Crippen LogP contribution in [0.5, 0.6) is 0 Å². The Morgan fingerprint density at radius 1 is 0.957 bits per heavy atom. The van der Waals surface area contributed by atoms with Crippen molar-refractivity contribution in [2.45, 2.75) is 13.8 Å². The number of benzene rings is 2. The van der Waals surface area contributed by atoms with Gasteiger partial charge in [0.25, 0.3) is 0 Å². The van der Waals surface area contributed by atoms with E-state index in [-0.39, 0.29) is 11.7 Å². The zero-order valence-corrected chi connectivity index (χ0v) is 14.2. The van der Waals surface area contributed by atoms with Crippen LogP contribution in [0.3, 0.4) is 0 Å². The van der Waals surface area contributed by atoms with Crippen LogP contribution in [0.4, 0.5) is 5.69 Å². The zero-order valence-electron chi connectivity index (χ0n) is 12.7. The van der Waals surface area contributed by atoms with Gasteiger partial charge >= 0.3 is 0 Å². The van der Waals surface area contributed by atoms with Gasteiger partial charge in [0.15, 0.2) is 5.78 Å². The summed E-state index contributed by atoms with van der Waals surface area (Å²) in [5.41, 5.74) is 3.05. The van der Waals surface area contributed by atoms with E-state index in [4.69, 9.17) is 23.2 Å². The molecule has 0 unspecified atom stereocenters. The first-order valence-electron chi connectivity index (χ1n) is 6.93. The topological polar surface area (TPSA) is 46.2 Å². The van der Waals surface area contributed by atoms with Crippen LogP contribution in [0.15, 0.2) is 48.6 Å². The number of aryl methyl sites for hydroxylation is 2. The Morgan fingerprint density at radius 2 is 1.61 bits per heavy atom. The van der Waals surface area contributed by atoms with Crippen LogP contribution < -0.4 is 5.32 Å². The second-order valence-corrected chi connectivity index (χ2v) is 5.90. The summed E-state index contributed by atoms with van der Waals surface area (Å²) in [5.74, 6) is -0.684. The fourth-order valence-corrected chi connectivity index (χ4v) is 2.37. The molecule has 0 radical (unpaired) electrons. The highest BCUT2D eigenvalue weighted by molar-refractivity contribution is 6.42. The second kappa shape index (κ2) is 7.44. The van der Waals surface area contributed by atoms with Crippen LogP contribution in [-0.4, -0.2) is 11.7 Å². The molecule has 0 aliphatic heterocycles. The first kappa shape index (κ1) is 17.3. The number of carbonyl (C=O) groups excluding carboxylic acids is 2. The van der Waals surface area contributed by atoms with E-state index in [2.05, 4.69) is 5.32 Å². The van der Waals surface area contributed by atoms with Gasteiger partial charge in [-0.15, -0.1) is 0 Å². The monoisotopic (exact) mass is 347 g/mol. The SMILES string of the molecule is Cc1cccc(C)c1NC(=O)/C=C/C(=O)c1ccc(Cl)c(Cl)c1. The zero-order chi connectivity index (χ0) is 17.0. The first-order chi connectivity index (χ1) is 10.9. The molecular weight excluding hydrogens is 333 g/mol. The molecule has 1 N–H and O–H groups in total. The number of amides is 1. The number of nitrogens with one attached hydrogen (secondary N) is 1. The summed E-state index contributed by atoms with van der Waals surface area (Å²) in [5, 5.41) is 3.45. The summed E-state index contributed by atoms with van der Waals surface area (Å²) in [4.78, 5) is 24.0. The van der Waals surface area contributed by atoms with Crippen molar-refractivity contribution in [2.75, 3.05) is 5.32 Å². The van der Waals surface area contributed by atoms with E-state index in [0.717, 1.165) is 16.8 Å².